The van der Waals surface area contributed by atoms with Crippen LogP contribution in [0.5, 0.6) is 11.5 Å². The first-order valence-electron chi connectivity index (χ1n) is 19.8. The van der Waals surface area contributed by atoms with E-state index in [4.69, 9.17) is 9.47 Å². The average molecular weight is 861 g/mol. The van der Waals surface area contributed by atoms with Gasteiger partial charge in [0.2, 0.25) is 0 Å². The summed E-state index contributed by atoms with van der Waals surface area (Å²) in [4.78, 5) is 2.80. The van der Waals surface area contributed by atoms with E-state index in [1.807, 2.05) is 22.7 Å². The lowest BCUT2D eigenvalue weighted by atomic mass is 9.60. The third-order valence-electron chi connectivity index (χ3n) is 10.9. The molecule has 2 nitrogen and oxygen atoms in total. The second-order valence-electron chi connectivity index (χ2n) is 14.6. The number of unbranched alkanes of at least 4 members (excludes halogenated alkanes) is 9. The van der Waals surface area contributed by atoms with Crippen LogP contribution in [0.25, 0.3) is 9.75 Å². The summed E-state index contributed by atoms with van der Waals surface area (Å²) in [7, 11) is 0. The normalized spacial score (nSPS) is 15.4. The maximum absolute atomic E-state index is 6.79. The number of thiophene rings is 2. The molecule has 3 aromatic carbocycles. The minimum absolute atomic E-state index is 0.160. The van der Waals surface area contributed by atoms with E-state index in [0.29, 0.717) is 6.61 Å². The lowest BCUT2D eigenvalue weighted by Gasteiger charge is -2.43. The van der Waals surface area contributed by atoms with Crippen molar-refractivity contribution in [3.05, 3.63) is 125 Å². The highest BCUT2D eigenvalue weighted by Crippen LogP contribution is 2.60. The molecule has 52 heavy (non-hydrogen) atoms. The summed E-state index contributed by atoms with van der Waals surface area (Å²) < 4.78 is 16.0. The Morgan fingerprint density at radius 3 is 1.60 bits per heavy atom. The summed E-state index contributed by atoms with van der Waals surface area (Å²) >= 11 is 11.5. The molecule has 0 amide bonds. The highest BCUT2D eigenvalue weighted by atomic mass is 79.9. The molecule has 3 aliphatic rings. The zero-order valence-electron chi connectivity index (χ0n) is 30.8. The zero-order chi connectivity index (χ0) is 35.9. The van der Waals surface area contributed by atoms with Crippen molar-refractivity contribution in [3.63, 3.8) is 0 Å². The molecule has 0 radical (unpaired) electrons. The van der Waals surface area contributed by atoms with E-state index < -0.39 is 0 Å². The fourth-order valence-electron chi connectivity index (χ4n) is 8.36. The molecule has 0 saturated carbocycles. The number of ether oxygens (including phenoxy) is 2. The molecule has 274 valence electrons. The molecule has 2 bridgehead atoms. The van der Waals surface area contributed by atoms with Gasteiger partial charge in [0.25, 0.3) is 0 Å². The third kappa shape index (κ3) is 8.31. The molecule has 6 heteroatoms. The Kier molecular flexibility index (Phi) is 13.3. The average Bonchev–Trinajstić information content (AvgIpc) is 3.73. The monoisotopic (exact) mass is 858 g/mol. The van der Waals surface area contributed by atoms with Crippen molar-refractivity contribution in [2.75, 3.05) is 13.2 Å². The Morgan fingerprint density at radius 2 is 1.02 bits per heavy atom. The Labute approximate surface area is 336 Å². The summed E-state index contributed by atoms with van der Waals surface area (Å²) in [5.74, 6) is 2.39. The lowest BCUT2D eigenvalue weighted by molar-refractivity contribution is 0.290. The number of hydrogen-bond acceptors (Lipinski definition) is 4. The minimum Gasteiger partial charge on any atom is -0.493 e. The molecule has 3 aliphatic carbocycles. The standard InChI is InChI=1S/C46H52Br2O2S2/c1-3-5-7-9-10-17-27-49-37-25-26-38(44-42-35-23-14-12-21-33(35)41(43(37)44)34-22-13-15-24-36(34)42)50-28-18-16-19-31-30-40(47)52-45(31)39-29-32(46(48)51-39)20-11-8-6-4-2/h12-15,21-26,29-30,41-42H,3-11,16-20,27-28H2,1-2H3. The Bertz CT molecular complexity index is 1890. The molecule has 0 N–H and O–H groups in total. The molecule has 5 aromatic rings. The Hall–Kier alpha value is -2.38. The summed E-state index contributed by atoms with van der Waals surface area (Å²) in [6.45, 7) is 6.03. The van der Waals surface area contributed by atoms with Gasteiger partial charge in [0.15, 0.2) is 0 Å². The highest BCUT2D eigenvalue weighted by molar-refractivity contribution is 9.11. The summed E-state index contributed by atoms with van der Waals surface area (Å²) in [5, 5.41) is 0. The van der Waals surface area contributed by atoms with Gasteiger partial charge in [0.1, 0.15) is 11.5 Å². The van der Waals surface area contributed by atoms with Crippen LogP contribution in [0.1, 0.15) is 147 Å². The maximum atomic E-state index is 6.79. The third-order valence-corrected chi connectivity index (χ3v) is 14.8. The van der Waals surface area contributed by atoms with Crippen molar-refractivity contribution in [2.45, 2.75) is 116 Å². The van der Waals surface area contributed by atoms with Gasteiger partial charge in [0.05, 0.1) is 20.8 Å². The molecule has 8 rings (SSSR count). The van der Waals surface area contributed by atoms with Crippen LogP contribution in [0, 0.1) is 0 Å². The van der Waals surface area contributed by atoms with Crippen molar-refractivity contribution in [1.29, 1.82) is 0 Å². The number of benzene rings is 3. The van der Waals surface area contributed by atoms with E-state index in [9.17, 15) is 0 Å². The summed E-state index contributed by atoms with van der Waals surface area (Å²) in [6.07, 6.45) is 17.1. The fraction of sp³-hybridized carbons (Fsp3) is 0.435. The summed E-state index contributed by atoms with van der Waals surface area (Å²) in [5.41, 5.74) is 11.2. The highest BCUT2D eigenvalue weighted by Gasteiger charge is 2.44. The first-order valence-corrected chi connectivity index (χ1v) is 23.0. The van der Waals surface area contributed by atoms with Gasteiger partial charge in [-0.1, -0.05) is 114 Å². The molecule has 0 atom stereocenters. The SMILES string of the molecule is CCCCCCCCOc1ccc(OCCCCc2cc(Br)sc2-c2cc(CCCCCC)c(Br)s2)c2c1C1c3ccccc3C2c2ccccc21. The molecule has 0 spiro atoms. The number of halogens is 2. The van der Waals surface area contributed by atoms with Crippen LogP contribution in [-0.2, 0) is 12.8 Å². The lowest BCUT2D eigenvalue weighted by Crippen LogP contribution is -2.28. The Morgan fingerprint density at radius 1 is 0.538 bits per heavy atom. The van der Waals surface area contributed by atoms with E-state index in [0.717, 1.165) is 50.2 Å². The van der Waals surface area contributed by atoms with Crippen LogP contribution in [-0.4, -0.2) is 13.2 Å². The molecule has 0 fully saturated rings. The van der Waals surface area contributed by atoms with Gasteiger partial charge in [-0.2, -0.15) is 0 Å². The van der Waals surface area contributed by atoms with E-state index in [1.54, 1.807) is 0 Å². The first-order chi connectivity index (χ1) is 25.6. The second-order valence-corrected chi connectivity index (χ2v) is 19.4. The molecule has 2 heterocycles. The van der Waals surface area contributed by atoms with Gasteiger partial charge < -0.3 is 9.47 Å². The van der Waals surface area contributed by atoms with Crippen molar-refractivity contribution in [2.24, 2.45) is 0 Å². The smallest absolute Gasteiger partial charge is 0.124 e. The van der Waals surface area contributed by atoms with Gasteiger partial charge in [-0.05, 0) is 128 Å². The van der Waals surface area contributed by atoms with Gasteiger partial charge in [-0.25, -0.2) is 0 Å². The largest absolute Gasteiger partial charge is 0.493 e. The van der Waals surface area contributed by atoms with Crippen LogP contribution in [0.4, 0.5) is 0 Å². The first kappa shape index (κ1) is 37.9. The van der Waals surface area contributed by atoms with Crippen molar-refractivity contribution < 1.29 is 9.47 Å². The van der Waals surface area contributed by atoms with Gasteiger partial charge in [-0.15, -0.1) is 22.7 Å². The molecule has 0 unspecified atom stereocenters. The number of hydrogen-bond donors (Lipinski definition) is 0. The topological polar surface area (TPSA) is 18.5 Å². The van der Waals surface area contributed by atoms with Gasteiger partial charge in [0, 0.05) is 32.7 Å². The van der Waals surface area contributed by atoms with E-state index in [1.165, 1.54) is 120 Å². The van der Waals surface area contributed by atoms with Gasteiger partial charge in [-0.3, -0.25) is 0 Å². The Balaban J connectivity index is 1.05. The van der Waals surface area contributed by atoms with Crippen LogP contribution in [0.15, 0.2) is 80.4 Å². The van der Waals surface area contributed by atoms with Crippen LogP contribution < -0.4 is 9.47 Å². The molecule has 2 aromatic heterocycles. The van der Waals surface area contributed by atoms with Crippen molar-refractivity contribution in [3.8, 4) is 21.3 Å². The predicted molar refractivity (Wildman–Crippen MR) is 229 cm³/mol. The molecule has 0 aliphatic heterocycles. The molecular formula is C46H52Br2O2S2. The predicted octanol–water partition coefficient (Wildman–Crippen LogP) is 15.3. The number of aryl methyl sites for hydroxylation is 2. The quantitative estimate of drug-likeness (QED) is 0.0711. The van der Waals surface area contributed by atoms with Crippen molar-refractivity contribution >= 4 is 54.5 Å². The molecular weight excluding hydrogens is 808 g/mol. The van der Waals surface area contributed by atoms with E-state index >= 15 is 0 Å². The molecule has 0 saturated heterocycles. The van der Waals surface area contributed by atoms with Crippen molar-refractivity contribution in [1.82, 2.24) is 0 Å². The van der Waals surface area contributed by atoms with Crippen LogP contribution in [0.3, 0.4) is 0 Å². The van der Waals surface area contributed by atoms with E-state index in [-0.39, 0.29) is 11.8 Å². The second kappa shape index (κ2) is 18.3. The zero-order valence-corrected chi connectivity index (χ0v) is 35.6. The van der Waals surface area contributed by atoms with Crippen LogP contribution >= 0.6 is 54.5 Å². The van der Waals surface area contributed by atoms with Crippen LogP contribution in [0.2, 0.25) is 0 Å². The van der Waals surface area contributed by atoms with Gasteiger partial charge >= 0.3 is 0 Å². The number of rotatable bonds is 20. The maximum Gasteiger partial charge on any atom is 0.124 e. The minimum atomic E-state index is 0.160. The fourth-order valence-corrected chi connectivity index (χ4v) is 12.0. The summed E-state index contributed by atoms with van der Waals surface area (Å²) in [6, 6.07) is 27.3. The van der Waals surface area contributed by atoms with E-state index in [2.05, 4.69) is 119 Å².